The molecule has 1 aromatic rings. The maximum absolute atomic E-state index is 11.8. The lowest BCUT2D eigenvalue weighted by Gasteiger charge is -2.25. The molecular formula is C11H19N3O3S. The fourth-order valence-corrected chi connectivity index (χ4v) is 2.35. The molecule has 0 aliphatic rings. The highest BCUT2D eigenvalue weighted by atomic mass is 32.1. The molecule has 18 heavy (non-hydrogen) atoms. The highest BCUT2D eigenvalue weighted by Gasteiger charge is 2.25. The van der Waals surface area contributed by atoms with Crippen molar-refractivity contribution in [3.63, 3.8) is 0 Å². The summed E-state index contributed by atoms with van der Waals surface area (Å²) < 4.78 is 14.1. The van der Waals surface area contributed by atoms with Crippen LogP contribution in [-0.2, 0) is 9.47 Å². The van der Waals surface area contributed by atoms with E-state index in [0.29, 0.717) is 23.8 Å². The molecule has 1 aromatic heterocycles. The molecule has 6 nitrogen and oxygen atoms in total. The first-order valence-electron chi connectivity index (χ1n) is 5.66. The number of aromatic nitrogens is 1. The Morgan fingerprint density at radius 2 is 2.28 bits per heavy atom. The number of anilines is 2. The Hall–Kier alpha value is -1.34. The summed E-state index contributed by atoms with van der Waals surface area (Å²) in [6.45, 7) is 4.61. The molecule has 1 heterocycles. The third kappa shape index (κ3) is 3.11. The van der Waals surface area contributed by atoms with Gasteiger partial charge in [0.2, 0.25) is 0 Å². The number of rotatable bonds is 6. The summed E-state index contributed by atoms with van der Waals surface area (Å²) in [6, 6.07) is 0.114. The van der Waals surface area contributed by atoms with E-state index in [1.54, 1.807) is 14.0 Å². The highest BCUT2D eigenvalue weighted by Crippen LogP contribution is 2.31. The van der Waals surface area contributed by atoms with Crippen molar-refractivity contribution in [3.05, 3.63) is 5.56 Å². The first kappa shape index (κ1) is 14.7. The summed E-state index contributed by atoms with van der Waals surface area (Å²) in [7, 11) is 3.51. The van der Waals surface area contributed by atoms with Crippen LogP contribution >= 0.6 is 11.5 Å². The zero-order chi connectivity index (χ0) is 13.7. The third-order valence-corrected chi connectivity index (χ3v) is 3.52. The van der Waals surface area contributed by atoms with Gasteiger partial charge in [-0.15, -0.1) is 0 Å². The number of nitrogens with two attached hydrogens (primary N) is 1. The van der Waals surface area contributed by atoms with Crippen LogP contribution in [0.5, 0.6) is 0 Å². The Bertz CT molecular complexity index is 408. The lowest BCUT2D eigenvalue weighted by atomic mass is 10.2. The standard InChI is InChI=1S/C11H19N3O3S/c1-5-17-11(15)8-9(12)13-18-10(8)14(3)7(2)6-16-4/h7H,5-6H2,1-4H3,(H2,12,13). The zero-order valence-corrected chi connectivity index (χ0v) is 11.9. The van der Waals surface area contributed by atoms with Crippen LogP contribution < -0.4 is 10.6 Å². The first-order valence-corrected chi connectivity index (χ1v) is 6.44. The lowest BCUT2D eigenvalue weighted by Crippen LogP contribution is -2.33. The van der Waals surface area contributed by atoms with Crippen LogP contribution in [-0.4, -0.2) is 43.8 Å². The van der Waals surface area contributed by atoms with Crippen molar-refractivity contribution in [2.75, 3.05) is 38.0 Å². The topological polar surface area (TPSA) is 77.7 Å². The average molecular weight is 273 g/mol. The van der Waals surface area contributed by atoms with E-state index in [4.69, 9.17) is 15.2 Å². The molecule has 2 N–H and O–H groups in total. The van der Waals surface area contributed by atoms with Crippen molar-refractivity contribution in [2.24, 2.45) is 0 Å². The van der Waals surface area contributed by atoms with Crippen LogP contribution in [0.1, 0.15) is 24.2 Å². The number of hydrogen-bond acceptors (Lipinski definition) is 7. The van der Waals surface area contributed by atoms with E-state index >= 15 is 0 Å². The van der Waals surface area contributed by atoms with Gasteiger partial charge in [0.15, 0.2) is 5.82 Å². The van der Waals surface area contributed by atoms with Gasteiger partial charge in [0.1, 0.15) is 10.6 Å². The number of ether oxygens (including phenoxy) is 2. The van der Waals surface area contributed by atoms with Gasteiger partial charge < -0.3 is 20.1 Å². The molecule has 0 amide bonds. The molecule has 0 saturated heterocycles. The number of hydrogen-bond donors (Lipinski definition) is 1. The largest absolute Gasteiger partial charge is 0.462 e. The number of likely N-dealkylation sites (N-methyl/N-ethyl adjacent to an activating group) is 1. The van der Waals surface area contributed by atoms with Crippen molar-refractivity contribution in [3.8, 4) is 0 Å². The van der Waals surface area contributed by atoms with E-state index in [2.05, 4.69) is 4.37 Å². The number of methoxy groups -OCH3 is 1. The highest BCUT2D eigenvalue weighted by molar-refractivity contribution is 7.11. The van der Waals surface area contributed by atoms with Crippen molar-refractivity contribution >= 4 is 28.3 Å². The first-order chi connectivity index (χ1) is 8.52. The minimum absolute atomic E-state index is 0.114. The summed E-state index contributed by atoms with van der Waals surface area (Å²) in [5.74, 6) is -0.222. The molecule has 1 atom stereocenters. The van der Waals surface area contributed by atoms with E-state index in [1.807, 2.05) is 18.9 Å². The molecule has 0 aliphatic carbocycles. The molecule has 0 aromatic carbocycles. The predicted octanol–water partition coefficient (Wildman–Crippen LogP) is 1.37. The Kier molecular flexibility index (Phi) is 5.36. The molecule has 0 radical (unpaired) electrons. The summed E-state index contributed by atoms with van der Waals surface area (Å²) in [6.07, 6.45) is 0. The van der Waals surface area contributed by atoms with Crippen molar-refractivity contribution in [1.29, 1.82) is 0 Å². The Labute approximate surface area is 111 Å². The van der Waals surface area contributed by atoms with Gasteiger partial charge >= 0.3 is 5.97 Å². The number of esters is 1. The van der Waals surface area contributed by atoms with Gasteiger partial charge in [-0.2, -0.15) is 4.37 Å². The van der Waals surface area contributed by atoms with Crippen LogP contribution in [0, 0.1) is 0 Å². The van der Waals surface area contributed by atoms with Gasteiger partial charge in [0.25, 0.3) is 0 Å². The quantitative estimate of drug-likeness (QED) is 0.789. The Morgan fingerprint density at radius 3 is 2.83 bits per heavy atom. The molecule has 7 heteroatoms. The van der Waals surface area contributed by atoms with E-state index in [1.165, 1.54) is 11.5 Å². The SMILES string of the molecule is CCOC(=O)c1c(N)nsc1N(C)C(C)COC. The summed E-state index contributed by atoms with van der Waals surface area (Å²) in [5.41, 5.74) is 6.07. The minimum Gasteiger partial charge on any atom is -0.462 e. The van der Waals surface area contributed by atoms with Gasteiger partial charge in [-0.3, -0.25) is 0 Å². The number of nitrogens with zero attached hydrogens (tertiary/aromatic N) is 2. The molecule has 102 valence electrons. The second kappa shape index (κ2) is 6.55. The number of nitrogen functional groups attached to an aromatic ring is 1. The van der Waals surface area contributed by atoms with Crippen LogP contribution in [0.4, 0.5) is 10.8 Å². The Balaban J connectivity index is 2.99. The van der Waals surface area contributed by atoms with Crippen LogP contribution in [0.15, 0.2) is 0 Å². The third-order valence-electron chi connectivity index (χ3n) is 2.57. The molecular weight excluding hydrogens is 254 g/mol. The van der Waals surface area contributed by atoms with Crippen LogP contribution in [0.3, 0.4) is 0 Å². The van der Waals surface area contributed by atoms with Gasteiger partial charge in [-0.05, 0) is 25.4 Å². The summed E-state index contributed by atoms with van der Waals surface area (Å²) in [5, 5.41) is 0.704. The summed E-state index contributed by atoms with van der Waals surface area (Å²) in [4.78, 5) is 13.8. The van der Waals surface area contributed by atoms with Gasteiger partial charge in [-0.1, -0.05) is 0 Å². The molecule has 0 fully saturated rings. The monoisotopic (exact) mass is 273 g/mol. The molecule has 0 spiro atoms. The molecule has 0 saturated carbocycles. The van der Waals surface area contributed by atoms with Crippen molar-refractivity contribution < 1.29 is 14.3 Å². The van der Waals surface area contributed by atoms with Gasteiger partial charge in [-0.25, -0.2) is 4.79 Å². The van der Waals surface area contributed by atoms with Crippen LogP contribution in [0.25, 0.3) is 0 Å². The van der Waals surface area contributed by atoms with Crippen molar-refractivity contribution in [1.82, 2.24) is 4.37 Å². The van der Waals surface area contributed by atoms with Gasteiger partial charge in [0.05, 0.1) is 19.3 Å². The molecule has 1 rings (SSSR count). The predicted molar refractivity (Wildman–Crippen MR) is 72.2 cm³/mol. The van der Waals surface area contributed by atoms with E-state index < -0.39 is 5.97 Å². The Morgan fingerprint density at radius 1 is 1.61 bits per heavy atom. The number of carbonyl (C=O) groups excluding carboxylic acids is 1. The molecule has 1 unspecified atom stereocenters. The number of carbonyl (C=O) groups is 1. The summed E-state index contributed by atoms with van der Waals surface area (Å²) >= 11 is 1.19. The van der Waals surface area contributed by atoms with Crippen molar-refractivity contribution in [2.45, 2.75) is 19.9 Å². The van der Waals surface area contributed by atoms with Crippen LogP contribution in [0.2, 0.25) is 0 Å². The fourth-order valence-electron chi connectivity index (χ4n) is 1.48. The lowest BCUT2D eigenvalue weighted by molar-refractivity contribution is 0.0528. The molecule has 0 aliphatic heterocycles. The normalized spacial score (nSPS) is 12.2. The zero-order valence-electron chi connectivity index (χ0n) is 11.1. The van der Waals surface area contributed by atoms with E-state index in [9.17, 15) is 4.79 Å². The average Bonchev–Trinajstić information content (AvgIpc) is 2.70. The maximum Gasteiger partial charge on any atom is 0.345 e. The minimum atomic E-state index is -0.435. The second-order valence-corrected chi connectivity index (χ2v) is 4.64. The van der Waals surface area contributed by atoms with E-state index in [-0.39, 0.29) is 11.9 Å². The smallest absolute Gasteiger partial charge is 0.345 e. The van der Waals surface area contributed by atoms with Gasteiger partial charge in [0, 0.05) is 14.2 Å². The fraction of sp³-hybridized carbons (Fsp3) is 0.636. The maximum atomic E-state index is 11.8. The second-order valence-electron chi connectivity index (χ2n) is 3.88. The van der Waals surface area contributed by atoms with E-state index in [0.717, 1.165) is 0 Å². The molecule has 0 bridgehead atoms.